The van der Waals surface area contributed by atoms with Gasteiger partial charge in [-0.05, 0) is 23.8 Å². The highest BCUT2D eigenvalue weighted by molar-refractivity contribution is 8.00. The van der Waals surface area contributed by atoms with E-state index in [0.29, 0.717) is 5.13 Å². The van der Waals surface area contributed by atoms with E-state index < -0.39 is 0 Å². The average molecular weight is 288 g/mol. The molecule has 2 heterocycles. The van der Waals surface area contributed by atoms with Crippen LogP contribution in [0.5, 0.6) is 0 Å². The predicted molar refractivity (Wildman–Crippen MR) is 79.7 cm³/mol. The number of thiazole rings is 1. The van der Waals surface area contributed by atoms with Crippen molar-refractivity contribution in [3.05, 3.63) is 54.5 Å². The van der Waals surface area contributed by atoms with Gasteiger partial charge >= 0.3 is 0 Å². The van der Waals surface area contributed by atoms with Crippen molar-refractivity contribution >= 4 is 28.2 Å². The lowest BCUT2D eigenvalue weighted by Crippen LogP contribution is -1.93. The molecule has 0 saturated carbocycles. The maximum atomic E-state index is 5.61. The van der Waals surface area contributed by atoms with Crippen molar-refractivity contribution < 1.29 is 0 Å². The number of nitrogen functional groups attached to an aromatic ring is 1. The van der Waals surface area contributed by atoms with Crippen LogP contribution in [0, 0.1) is 0 Å². The van der Waals surface area contributed by atoms with Gasteiger partial charge in [0.15, 0.2) is 5.13 Å². The molecular weight excluding hydrogens is 276 g/mol. The molecule has 6 heteroatoms. The summed E-state index contributed by atoms with van der Waals surface area (Å²) < 4.78 is 2.99. The van der Waals surface area contributed by atoms with E-state index in [4.69, 9.17) is 5.73 Å². The molecule has 0 unspecified atom stereocenters. The second-order valence-electron chi connectivity index (χ2n) is 3.92. The lowest BCUT2D eigenvalue weighted by molar-refractivity contribution is 0.880. The van der Waals surface area contributed by atoms with Gasteiger partial charge in [-0.2, -0.15) is 5.10 Å². The molecule has 2 aromatic heterocycles. The van der Waals surface area contributed by atoms with Crippen LogP contribution < -0.4 is 5.73 Å². The molecule has 0 aliphatic heterocycles. The molecule has 3 aromatic rings. The molecule has 3 rings (SSSR count). The molecule has 4 nitrogen and oxygen atoms in total. The fourth-order valence-corrected chi connectivity index (χ4v) is 3.37. The normalized spacial score (nSPS) is 10.7. The molecule has 0 aliphatic carbocycles. The lowest BCUT2D eigenvalue weighted by Gasteiger charge is -2.03. The summed E-state index contributed by atoms with van der Waals surface area (Å²) in [4.78, 5) is 4.04. The van der Waals surface area contributed by atoms with Crippen molar-refractivity contribution in [1.82, 2.24) is 14.8 Å². The van der Waals surface area contributed by atoms with Crippen LogP contribution in [0.1, 0.15) is 5.56 Å². The van der Waals surface area contributed by atoms with E-state index >= 15 is 0 Å². The van der Waals surface area contributed by atoms with E-state index in [-0.39, 0.29) is 0 Å². The van der Waals surface area contributed by atoms with Crippen LogP contribution in [0.25, 0.3) is 5.69 Å². The molecule has 96 valence electrons. The predicted octanol–water partition coefficient (Wildman–Crippen LogP) is 3.20. The highest BCUT2D eigenvalue weighted by Crippen LogP contribution is 2.29. The minimum absolute atomic E-state index is 0.622. The van der Waals surface area contributed by atoms with Crippen LogP contribution >= 0.6 is 23.1 Å². The van der Waals surface area contributed by atoms with Gasteiger partial charge in [-0.1, -0.05) is 23.5 Å². The number of benzene rings is 1. The molecule has 0 spiro atoms. The van der Waals surface area contributed by atoms with Gasteiger partial charge in [0.05, 0.1) is 16.1 Å². The van der Waals surface area contributed by atoms with E-state index in [1.807, 2.05) is 23.1 Å². The Labute approximate surface area is 119 Å². The first-order valence-electron chi connectivity index (χ1n) is 5.74. The Morgan fingerprint density at radius 2 is 2.11 bits per heavy atom. The third-order valence-corrected chi connectivity index (χ3v) is 4.68. The third kappa shape index (κ3) is 2.97. The summed E-state index contributed by atoms with van der Waals surface area (Å²) >= 11 is 3.27. The van der Waals surface area contributed by atoms with Crippen LogP contribution in [0.2, 0.25) is 0 Å². The molecule has 0 saturated heterocycles. The van der Waals surface area contributed by atoms with Gasteiger partial charge in [0.2, 0.25) is 0 Å². The van der Waals surface area contributed by atoms with E-state index in [2.05, 4.69) is 34.3 Å². The number of hydrogen-bond acceptors (Lipinski definition) is 5. The monoisotopic (exact) mass is 288 g/mol. The van der Waals surface area contributed by atoms with E-state index in [1.54, 1.807) is 18.0 Å². The second kappa shape index (κ2) is 5.46. The summed E-state index contributed by atoms with van der Waals surface area (Å²) in [5, 5.41) is 4.83. The summed E-state index contributed by atoms with van der Waals surface area (Å²) in [5.74, 6) is 0.918. The Bertz CT molecular complexity index is 644. The zero-order chi connectivity index (χ0) is 13.1. The Balaban J connectivity index is 1.66. The molecule has 0 atom stereocenters. The molecule has 0 radical (unpaired) electrons. The highest BCUT2D eigenvalue weighted by Gasteiger charge is 2.01. The van der Waals surface area contributed by atoms with Crippen LogP contribution in [0.4, 0.5) is 5.13 Å². The van der Waals surface area contributed by atoms with Crippen molar-refractivity contribution in [2.24, 2.45) is 0 Å². The van der Waals surface area contributed by atoms with Crippen LogP contribution in [0.3, 0.4) is 0 Å². The largest absolute Gasteiger partial charge is 0.375 e. The highest BCUT2D eigenvalue weighted by atomic mass is 32.2. The number of nitrogens with two attached hydrogens (primary N) is 1. The summed E-state index contributed by atoms with van der Waals surface area (Å²) in [7, 11) is 0. The average Bonchev–Trinajstić information content (AvgIpc) is 3.08. The van der Waals surface area contributed by atoms with Gasteiger partial charge < -0.3 is 5.73 Å². The van der Waals surface area contributed by atoms with Gasteiger partial charge in [0.25, 0.3) is 0 Å². The Hall–Kier alpha value is -1.79. The van der Waals surface area contributed by atoms with Crippen molar-refractivity contribution in [3.63, 3.8) is 0 Å². The van der Waals surface area contributed by atoms with Gasteiger partial charge in [-0.3, -0.25) is 0 Å². The van der Waals surface area contributed by atoms with Crippen LogP contribution in [-0.2, 0) is 5.75 Å². The smallest absolute Gasteiger partial charge is 0.181 e. The number of anilines is 1. The zero-order valence-electron chi connectivity index (χ0n) is 10.1. The fourth-order valence-electron chi connectivity index (χ4n) is 1.66. The number of hydrogen-bond donors (Lipinski definition) is 1. The topological polar surface area (TPSA) is 56.7 Å². The minimum atomic E-state index is 0.622. The zero-order valence-corrected chi connectivity index (χ0v) is 11.7. The molecule has 0 amide bonds. The minimum Gasteiger partial charge on any atom is -0.375 e. The van der Waals surface area contributed by atoms with Gasteiger partial charge in [0, 0.05) is 18.1 Å². The van der Waals surface area contributed by atoms with Gasteiger partial charge in [-0.15, -0.1) is 11.8 Å². The van der Waals surface area contributed by atoms with E-state index in [1.165, 1.54) is 16.9 Å². The molecule has 0 aliphatic rings. The molecule has 2 N–H and O–H groups in total. The summed E-state index contributed by atoms with van der Waals surface area (Å²) in [6.07, 6.45) is 5.53. The van der Waals surface area contributed by atoms with E-state index in [0.717, 1.165) is 15.6 Å². The van der Waals surface area contributed by atoms with Crippen molar-refractivity contribution in [2.45, 2.75) is 9.96 Å². The fraction of sp³-hybridized carbons (Fsp3) is 0.0769. The first-order valence-corrected chi connectivity index (χ1v) is 7.54. The molecular formula is C13H12N4S2. The molecule has 0 fully saturated rings. The Morgan fingerprint density at radius 1 is 1.26 bits per heavy atom. The maximum absolute atomic E-state index is 5.61. The van der Waals surface area contributed by atoms with Gasteiger partial charge in [-0.25, -0.2) is 9.67 Å². The quantitative estimate of drug-likeness (QED) is 0.749. The first-order chi connectivity index (χ1) is 9.31. The van der Waals surface area contributed by atoms with Crippen molar-refractivity contribution in [1.29, 1.82) is 0 Å². The van der Waals surface area contributed by atoms with Crippen molar-refractivity contribution in [2.75, 3.05) is 5.73 Å². The standard InChI is InChI=1S/C13H12N4S2/c14-13-15-8-12(19-13)18-9-10-2-4-11(5-3-10)17-7-1-6-16-17/h1-8H,9H2,(H2,14,15). The molecule has 1 aromatic carbocycles. The molecule has 19 heavy (non-hydrogen) atoms. The lowest BCUT2D eigenvalue weighted by atomic mass is 10.2. The van der Waals surface area contributed by atoms with Crippen molar-refractivity contribution in [3.8, 4) is 5.69 Å². The van der Waals surface area contributed by atoms with Crippen LogP contribution in [0.15, 0.2) is 53.1 Å². The maximum Gasteiger partial charge on any atom is 0.181 e. The molecule has 0 bridgehead atoms. The number of rotatable bonds is 4. The number of aromatic nitrogens is 3. The van der Waals surface area contributed by atoms with Crippen LogP contribution in [-0.4, -0.2) is 14.8 Å². The van der Waals surface area contributed by atoms with Gasteiger partial charge in [0.1, 0.15) is 0 Å². The Kier molecular flexibility index (Phi) is 3.52. The summed E-state index contributed by atoms with van der Waals surface area (Å²) in [5.41, 5.74) is 7.95. The Morgan fingerprint density at radius 3 is 2.74 bits per heavy atom. The summed E-state index contributed by atoms with van der Waals surface area (Å²) in [6.45, 7) is 0. The SMILES string of the molecule is Nc1ncc(SCc2ccc(-n3cccn3)cc2)s1. The second-order valence-corrected chi connectivity index (χ2v) is 6.26. The van der Waals surface area contributed by atoms with E-state index in [9.17, 15) is 0 Å². The number of thioether (sulfide) groups is 1. The summed E-state index contributed by atoms with van der Waals surface area (Å²) in [6, 6.07) is 10.3. The number of nitrogens with zero attached hydrogens (tertiary/aromatic N) is 3. The first kappa shape index (κ1) is 12.3. The third-order valence-electron chi connectivity index (χ3n) is 2.59.